The third-order valence-corrected chi connectivity index (χ3v) is 5.28. The smallest absolute Gasteiger partial charge is 0.211 e. The van der Waals surface area contributed by atoms with E-state index in [0.29, 0.717) is 17.3 Å². The first kappa shape index (κ1) is 14.3. The summed E-state index contributed by atoms with van der Waals surface area (Å²) >= 11 is 3.06. The van der Waals surface area contributed by atoms with Crippen molar-refractivity contribution in [3.63, 3.8) is 0 Å². The van der Waals surface area contributed by atoms with Crippen molar-refractivity contribution in [1.29, 1.82) is 0 Å². The van der Waals surface area contributed by atoms with Crippen molar-refractivity contribution >= 4 is 32.0 Å². The fourth-order valence-corrected chi connectivity index (χ4v) is 3.98. The predicted octanol–water partition coefficient (Wildman–Crippen LogP) is 2.03. The van der Waals surface area contributed by atoms with E-state index in [2.05, 4.69) is 20.9 Å². The number of isocyanates is 1. The minimum Gasteiger partial charge on any atom is -0.211 e. The minimum absolute atomic E-state index is 0.216. The molecule has 0 radical (unpaired) electrons. The van der Waals surface area contributed by atoms with Gasteiger partial charge in [0.25, 0.3) is 0 Å². The molecule has 8 heteroatoms. The number of halogens is 2. The molecule has 0 spiro atoms. The van der Waals surface area contributed by atoms with E-state index in [9.17, 15) is 17.6 Å². The van der Waals surface area contributed by atoms with Gasteiger partial charge in [0.15, 0.2) is 0 Å². The fourth-order valence-electron chi connectivity index (χ4n) is 2.00. The van der Waals surface area contributed by atoms with Crippen LogP contribution in [0.4, 0.5) is 4.39 Å². The van der Waals surface area contributed by atoms with Crippen LogP contribution in [-0.4, -0.2) is 31.5 Å². The molecule has 0 aliphatic carbocycles. The number of carbonyl (C=O) groups excluding carboxylic acids is 1. The molecule has 2 rings (SSSR count). The Hall–Kier alpha value is -1.08. The number of rotatable bonds is 3. The van der Waals surface area contributed by atoms with E-state index in [1.165, 1.54) is 18.2 Å². The number of nitrogens with zero attached hydrogens (tertiary/aromatic N) is 2. The fraction of sp³-hybridized carbons (Fsp3) is 0.364. The lowest BCUT2D eigenvalue weighted by Crippen LogP contribution is -2.34. The first-order valence-electron chi connectivity index (χ1n) is 5.50. The summed E-state index contributed by atoms with van der Waals surface area (Å²) in [6.07, 6.45) is 1.58. The molecule has 0 bridgehead atoms. The molecule has 1 fully saturated rings. The quantitative estimate of drug-likeness (QED) is 0.620. The molecular formula is C11H10BrFN2O3S. The average molecular weight is 349 g/mol. The maximum atomic E-state index is 13.8. The highest BCUT2D eigenvalue weighted by Gasteiger charge is 2.36. The van der Waals surface area contributed by atoms with E-state index < -0.39 is 26.9 Å². The molecule has 102 valence electrons. The van der Waals surface area contributed by atoms with E-state index >= 15 is 0 Å². The van der Waals surface area contributed by atoms with Gasteiger partial charge in [-0.05, 0) is 31.0 Å². The van der Waals surface area contributed by atoms with Crippen LogP contribution >= 0.6 is 15.9 Å². The topological polar surface area (TPSA) is 66.8 Å². The summed E-state index contributed by atoms with van der Waals surface area (Å²) in [6, 6.07) is 3.72. The first-order chi connectivity index (χ1) is 8.96. The van der Waals surface area contributed by atoms with Crippen molar-refractivity contribution < 1.29 is 17.6 Å². The molecule has 1 saturated heterocycles. The lowest BCUT2D eigenvalue weighted by Gasteiger charge is -2.20. The van der Waals surface area contributed by atoms with Gasteiger partial charge >= 0.3 is 0 Å². The Balaban J connectivity index is 2.44. The van der Waals surface area contributed by atoms with Gasteiger partial charge in [-0.1, -0.05) is 15.9 Å². The zero-order valence-corrected chi connectivity index (χ0v) is 12.1. The highest BCUT2D eigenvalue weighted by Crippen LogP contribution is 2.29. The van der Waals surface area contributed by atoms with Crippen molar-refractivity contribution in [2.45, 2.75) is 23.9 Å². The molecule has 1 unspecified atom stereocenters. The van der Waals surface area contributed by atoms with E-state index in [1.807, 2.05) is 0 Å². The van der Waals surface area contributed by atoms with Crippen LogP contribution in [0.25, 0.3) is 0 Å². The van der Waals surface area contributed by atoms with Crippen LogP contribution in [0.1, 0.15) is 12.8 Å². The summed E-state index contributed by atoms with van der Waals surface area (Å²) in [4.78, 5) is 13.3. The van der Waals surface area contributed by atoms with E-state index in [4.69, 9.17) is 0 Å². The van der Waals surface area contributed by atoms with E-state index in [1.54, 1.807) is 0 Å². The standard InChI is InChI=1S/C11H10BrFN2O3S/c12-8-3-4-10(9(13)6-8)19(17,18)15-5-1-2-11(15)14-7-16/h3-4,6,11H,1-2,5H2. The minimum atomic E-state index is -3.99. The van der Waals surface area contributed by atoms with Crippen LogP contribution in [0.2, 0.25) is 0 Å². The molecule has 1 atom stereocenters. The normalized spacial score (nSPS) is 20.2. The van der Waals surface area contributed by atoms with Gasteiger partial charge in [-0.15, -0.1) is 0 Å². The van der Waals surface area contributed by atoms with E-state index in [0.717, 1.165) is 10.4 Å². The van der Waals surface area contributed by atoms with Gasteiger partial charge in [0.1, 0.15) is 16.9 Å². The molecule has 0 aromatic heterocycles. The number of benzene rings is 1. The second-order valence-corrected chi connectivity index (χ2v) is 6.81. The summed E-state index contributed by atoms with van der Waals surface area (Å²) in [6.45, 7) is 0.216. The predicted molar refractivity (Wildman–Crippen MR) is 69.1 cm³/mol. The maximum absolute atomic E-state index is 13.8. The third-order valence-electron chi connectivity index (χ3n) is 2.86. The second kappa shape index (κ2) is 5.50. The van der Waals surface area contributed by atoms with Crippen molar-refractivity contribution in [2.75, 3.05) is 6.54 Å². The summed E-state index contributed by atoms with van der Waals surface area (Å²) in [5, 5.41) is 0. The number of hydrogen-bond acceptors (Lipinski definition) is 4. The Morgan fingerprint density at radius 1 is 1.47 bits per heavy atom. The molecule has 19 heavy (non-hydrogen) atoms. The van der Waals surface area contributed by atoms with Crippen LogP contribution in [0.3, 0.4) is 0 Å². The molecule has 0 N–H and O–H groups in total. The maximum Gasteiger partial charge on any atom is 0.247 e. The first-order valence-corrected chi connectivity index (χ1v) is 7.74. The molecule has 0 saturated carbocycles. The lowest BCUT2D eigenvalue weighted by molar-refractivity contribution is 0.393. The molecule has 1 aromatic rings. The van der Waals surface area contributed by atoms with E-state index in [-0.39, 0.29) is 6.54 Å². The highest BCUT2D eigenvalue weighted by molar-refractivity contribution is 9.10. The third kappa shape index (κ3) is 2.76. The largest absolute Gasteiger partial charge is 0.247 e. The highest BCUT2D eigenvalue weighted by atomic mass is 79.9. The van der Waals surface area contributed by atoms with Gasteiger partial charge in [-0.3, -0.25) is 0 Å². The molecule has 1 heterocycles. The SMILES string of the molecule is O=C=NC1CCCN1S(=O)(=O)c1ccc(Br)cc1F. The Morgan fingerprint density at radius 3 is 2.84 bits per heavy atom. The lowest BCUT2D eigenvalue weighted by atomic mass is 10.3. The van der Waals surface area contributed by atoms with Crippen molar-refractivity contribution in [3.05, 3.63) is 28.5 Å². The molecule has 1 aromatic carbocycles. The molecule has 1 aliphatic heterocycles. The molecular weight excluding hydrogens is 339 g/mol. The number of aliphatic imine (C=N–C) groups is 1. The summed E-state index contributed by atoms with van der Waals surface area (Å²) in [7, 11) is -3.99. The van der Waals surface area contributed by atoms with Gasteiger partial charge in [-0.25, -0.2) is 17.6 Å². The van der Waals surface area contributed by atoms with Gasteiger partial charge in [0, 0.05) is 11.0 Å². The van der Waals surface area contributed by atoms with Gasteiger partial charge in [0.2, 0.25) is 16.1 Å². The Labute approximate surface area is 118 Å². The van der Waals surface area contributed by atoms with Gasteiger partial charge in [0.05, 0.1) is 0 Å². The number of hydrogen-bond donors (Lipinski definition) is 0. The van der Waals surface area contributed by atoms with Crippen LogP contribution < -0.4 is 0 Å². The monoisotopic (exact) mass is 348 g/mol. The Bertz CT molecular complexity index is 643. The van der Waals surface area contributed by atoms with Crippen LogP contribution in [-0.2, 0) is 14.8 Å². The molecule has 0 amide bonds. The van der Waals surface area contributed by atoms with Crippen molar-refractivity contribution in [2.24, 2.45) is 4.99 Å². The van der Waals surface area contributed by atoms with Crippen LogP contribution in [0, 0.1) is 5.82 Å². The van der Waals surface area contributed by atoms with Gasteiger partial charge in [-0.2, -0.15) is 9.30 Å². The summed E-state index contributed by atoms with van der Waals surface area (Å²) in [5.74, 6) is -0.838. The second-order valence-electron chi connectivity index (χ2n) is 4.03. The zero-order valence-electron chi connectivity index (χ0n) is 9.71. The summed E-state index contributed by atoms with van der Waals surface area (Å²) < 4.78 is 39.9. The molecule has 5 nitrogen and oxygen atoms in total. The van der Waals surface area contributed by atoms with Crippen LogP contribution in [0.5, 0.6) is 0 Å². The Morgan fingerprint density at radius 2 is 2.21 bits per heavy atom. The Kier molecular flexibility index (Phi) is 4.15. The van der Waals surface area contributed by atoms with Crippen molar-refractivity contribution in [1.82, 2.24) is 4.31 Å². The van der Waals surface area contributed by atoms with Crippen molar-refractivity contribution in [3.8, 4) is 0 Å². The molecule has 1 aliphatic rings. The number of sulfonamides is 1. The average Bonchev–Trinajstić information content (AvgIpc) is 2.78. The zero-order chi connectivity index (χ0) is 14.0. The van der Waals surface area contributed by atoms with Gasteiger partial charge < -0.3 is 0 Å². The summed E-state index contributed by atoms with van der Waals surface area (Å²) in [5.41, 5.74) is 0. The van der Waals surface area contributed by atoms with Crippen LogP contribution in [0.15, 0.2) is 32.6 Å².